The Morgan fingerprint density at radius 1 is 1.07 bits per heavy atom. The smallest absolute Gasteiger partial charge is 0.244 e. The molecule has 1 amide bonds. The summed E-state index contributed by atoms with van der Waals surface area (Å²) in [5.41, 5.74) is 3.42. The van der Waals surface area contributed by atoms with Crippen molar-refractivity contribution in [3.05, 3.63) is 64.7 Å². The van der Waals surface area contributed by atoms with Crippen LogP contribution in [0, 0.1) is 20.8 Å². The molecule has 0 radical (unpaired) electrons. The molecule has 1 N–H and O–H groups in total. The van der Waals surface area contributed by atoms with Gasteiger partial charge in [0.25, 0.3) is 0 Å². The van der Waals surface area contributed by atoms with E-state index in [4.69, 9.17) is 4.74 Å². The first-order chi connectivity index (χ1) is 14.3. The number of nitrogens with zero attached hydrogens (tertiary/aromatic N) is 1. The van der Waals surface area contributed by atoms with Crippen molar-refractivity contribution in [2.75, 3.05) is 33.4 Å². The molecule has 0 bridgehead atoms. The lowest BCUT2D eigenvalue weighted by atomic mass is 10.1. The van der Waals surface area contributed by atoms with Crippen molar-refractivity contribution in [1.29, 1.82) is 0 Å². The van der Waals surface area contributed by atoms with E-state index < -0.39 is 10.0 Å². The molecule has 0 aliphatic rings. The van der Waals surface area contributed by atoms with Gasteiger partial charge in [0.15, 0.2) is 0 Å². The third-order valence-corrected chi connectivity index (χ3v) is 7.01. The number of carbonyl (C=O) groups is 1. The van der Waals surface area contributed by atoms with Crippen LogP contribution in [-0.4, -0.2) is 52.0 Å². The molecule has 2 rings (SSSR count). The molecule has 0 heterocycles. The van der Waals surface area contributed by atoms with Crippen LogP contribution in [0.4, 0.5) is 0 Å². The average Bonchev–Trinajstić information content (AvgIpc) is 2.68. The molecule has 164 valence electrons. The molecule has 0 saturated carbocycles. The van der Waals surface area contributed by atoms with Crippen molar-refractivity contribution < 1.29 is 17.9 Å². The highest BCUT2D eigenvalue weighted by molar-refractivity contribution is 7.89. The summed E-state index contributed by atoms with van der Waals surface area (Å²) in [6.07, 6.45) is 1.20. The largest absolute Gasteiger partial charge is 0.385 e. The van der Waals surface area contributed by atoms with Gasteiger partial charge in [0.05, 0.1) is 11.4 Å². The van der Waals surface area contributed by atoms with Gasteiger partial charge in [-0.15, -0.1) is 0 Å². The zero-order valence-corrected chi connectivity index (χ0v) is 19.1. The first-order valence-electron chi connectivity index (χ1n) is 10.1. The highest BCUT2D eigenvalue weighted by Gasteiger charge is 2.29. The van der Waals surface area contributed by atoms with E-state index >= 15 is 0 Å². The van der Waals surface area contributed by atoms with Crippen LogP contribution in [0.1, 0.15) is 28.7 Å². The summed E-state index contributed by atoms with van der Waals surface area (Å²) in [7, 11) is -2.23. The molecule has 2 aromatic rings. The first-order valence-corrected chi connectivity index (χ1v) is 11.6. The van der Waals surface area contributed by atoms with E-state index in [9.17, 15) is 13.2 Å². The van der Waals surface area contributed by atoms with Gasteiger partial charge in [0.2, 0.25) is 15.9 Å². The van der Waals surface area contributed by atoms with Crippen LogP contribution in [-0.2, 0) is 26.0 Å². The quantitative estimate of drug-likeness (QED) is 0.554. The molecule has 6 nitrogen and oxygen atoms in total. The van der Waals surface area contributed by atoms with E-state index in [1.807, 2.05) is 49.4 Å². The standard InChI is InChI=1S/C23H32N2O4S/c1-18-15-19(2)23(20(3)16-18)30(27,28)25(13-11-21-9-6-5-7-10-21)17-22(26)24-12-8-14-29-4/h5-7,9-10,15-16H,8,11-14,17H2,1-4H3,(H,24,26). The summed E-state index contributed by atoms with van der Waals surface area (Å²) in [5.74, 6) is -0.315. The van der Waals surface area contributed by atoms with Gasteiger partial charge in [-0.3, -0.25) is 4.79 Å². The maximum absolute atomic E-state index is 13.5. The van der Waals surface area contributed by atoms with Crippen LogP contribution in [0.25, 0.3) is 0 Å². The monoisotopic (exact) mass is 432 g/mol. The summed E-state index contributed by atoms with van der Waals surface area (Å²) in [5, 5.41) is 2.78. The average molecular weight is 433 g/mol. The predicted molar refractivity (Wildman–Crippen MR) is 119 cm³/mol. The maximum atomic E-state index is 13.5. The first kappa shape index (κ1) is 24.1. The molecule has 0 unspecified atom stereocenters. The number of methoxy groups -OCH3 is 1. The Hall–Kier alpha value is -2.22. The fraction of sp³-hybridized carbons (Fsp3) is 0.435. The number of ether oxygens (including phenoxy) is 1. The number of amides is 1. The Bertz CT molecular complexity index is 920. The molecular formula is C23H32N2O4S. The third-order valence-electron chi connectivity index (χ3n) is 4.86. The Balaban J connectivity index is 2.26. The number of rotatable bonds is 11. The fourth-order valence-corrected chi connectivity index (χ4v) is 5.35. The molecule has 0 atom stereocenters. The zero-order valence-electron chi connectivity index (χ0n) is 18.3. The molecule has 0 aliphatic heterocycles. The Morgan fingerprint density at radius 2 is 1.70 bits per heavy atom. The van der Waals surface area contributed by atoms with Crippen LogP contribution < -0.4 is 5.32 Å². The SMILES string of the molecule is COCCCNC(=O)CN(CCc1ccccc1)S(=O)(=O)c1c(C)cc(C)cc1C. The van der Waals surface area contributed by atoms with Crippen molar-refractivity contribution in [2.45, 2.75) is 38.5 Å². The van der Waals surface area contributed by atoms with Crippen LogP contribution in [0.3, 0.4) is 0 Å². The highest BCUT2D eigenvalue weighted by atomic mass is 32.2. The minimum Gasteiger partial charge on any atom is -0.385 e. The van der Waals surface area contributed by atoms with Crippen molar-refractivity contribution in [2.24, 2.45) is 0 Å². The predicted octanol–water partition coefficient (Wildman–Crippen LogP) is 3.00. The number of benzene rings is 2. The van der Waals surface area contributed by atoms with E-state index in [2.05, 4.69) is 5.32 Å². The summed E-state index contributed by atoms with van der Waals surface area (Å²) in [4.78, 5) is 12.8. The van der Waals surface area contributed by atoms with Gasteiger partial charge in [-0.05, 0) is 50.3 Å². The molecule has 0 spiro atoms. The lowest BCUT2D eigenvalue weighted by Gasteiger charge is -2.24. The van der Waals surface area contributed by atoms with Gasteiger partial charge in [-0.2, -0.15) is 4.31 Å². The minimum atomic E-state index is -3.83. The van der Waals surface area contributed by atoms with E-state index in [-0.39, 0.29) is 23.9 Å². The number of hydrogen-bond acceptors (Lipinski definition) is 4. The summed E-state index contributed by atoms with van der Waals surface area (Å²) < 4.78 is 33.4. The zero-order chi connectivity index (χ0) is 22.1. The molecule has 0 saturated heterocycles. The second-order valence-electron chi connectivity index (χ2n) is 7.50. The number of nitrogens with one attached hydrogen (secondary N) is 1. The van der Waals surface area contributed by atoms with Gasteiger partial charge >= 0.3 is 0 Å². The Kier molecular flexibility index (Phi) is 9.02. The van der Waals surface area contributed by atoms with Gasteiger partial charge in [-0.1, -0.05) is 48.0 Å². The normalized spacial score (nSPS) is 11.6. The lowest BCUT2D eigenvalue weighted by Crippen LogP contribution is -2.42. The number of aryl methyl sites for hydroxylation is 3. The van der Waals surface area contributed by atoms with Crippen LogP contribution in [0.5, 0.6) is 0 Å². The molecule has 30 heavy (non-hydrogen) atoms. The van der Waals surface area contributed by atoms with Crippen molar-refractivity contribution in [3.8, 4) is 0 Å². The van der Waals surface area contributed by atoms with Gasteiger partial charge in [-0.25, -0.2) is 8.42 Å². The summed E-state index contributed by atoms with van der Waals surface area (Å²) >= 11 is 0. The van der Waals surface area contributed by atoms with E-state index in [1.165, 1.54) is 4.31 Å². The number of hydrogen-bond donors (Lipinski definition) is 1. The van der Waals surface area contributed by atoms with Crippen molar-refractivity contribution in [1.82, 2.24) is 9.62 Å². The van der Waals surface area contributed by atoms with Gasteiger partial charge in [0, 0.05) is 26.8 Å². The lowest BCUT2D eigenvalue weighted by molar-refractivity contribution is -0.121. The minimum absolute atomic E-state index is 0.213. The van der Waals surface area contributed by atoms with E-state index in [0.29, 0.717) is 37.1 Å². The van der Waals surface area contributed by atoms with Crippen LogP contribution in [0.15, 0.2) is 47.4 Å². The second-order valence-corrected chi connectivity index (χ2v) is 9.37. The number of carbonyl (C=O) groups excluding carboxylic acids is 1. The molecule has 0 aliphatic carbocycles. The van der Waals surface area contributed by atoms with Crippen LogP contribution in [0.2, 0.25) is 0 Å². The van der Waals surface area contributed by atoms with E-state index in [0.717, 1.165) is 11.1 Å². The molecule has 2 aromatic carbocycles. The molecule has 0 fully saturated rings. The van der Waals surface area contributed by atoms with E-state index in [1.54, 1.807) is 21.0 Å². The molecule has 0 aromatic heterocycles. The number of sulfonamides is 1. The topological polar surface area (TPSA) is 75.7 Å². The molecular weight excluding hydrogens is 400 g/mol. The Labute approximate surface area is 180 Å². The summed E-state index contributed by atoms with van der Waals surface area (Å²) in [6.45, 7) is 6.54. The molecule has 7 heteroatoms. The third kappa shape index (κ3) is 6.65. The summed E-state index contributed by atoms with van der Waals surface area (Å²) in [6, 6.07) is 13.4. The van der Waals surface area contributed by atoms with Crippen molar-refractivity contribution in [3.63, 3.8) is 0 Å². The van der Waals surface area contributed by atoms with Crippen LogP contribution >= 0.6 is 0 Å². The Morgan fingerprint density at radius 3 is 2.30 bits per heavy atom. The van der Waals surface area contributed by atoms with Gasteiger partial charge in [0.1, 0.15) is 0 Å². The van der Waals surface area contributed by atoms with Gasteiger partial charge < -0.3 is 10.1 Å². The maximum Gasteiger partial charge on any atom is 0.244 e. The van der Waals surface area contributed by atoms with Crippen molar-refractivity contribution >= 4 is 15.9 Å². The fourth-order valence-electron chi connectivity index (χ4n) is 3.55. The highest BCUT2D eigenvalue weighted by Crippen LogP contribution is 2.25. The second kappa shape index (κ2) is 11.2.